The topological polar surface area (TPSA) is 40.5 Å². The normalized spacial score (nSPS) is 21.9. The van der Waals surface area contributed by atoms with Gasteiger partial charge >= 0.3 is 0 Å². The first kappa shape index (κ1) is 31.5. The van der Waals surface area contributed by atoms with Gasteiger partial charge in [-0.2, -0.15) is 0 Å². The molecule has 3 fully saturated rings. The first-order valence-corrected chi connectivity index (χ1v) is 18.3. The van der Waals surface area contributed by atoms with Crippen LogP contribution in [0, 0.1) is 0 Å². The van der Waals surface area contributed by atoms with E-state index in [-0.39, 0.29) is 5.41 Å². The largest absolute Gasteiger partial charge is 0.507 e. The highest BCUT2D eigenvalue weighted by Crippen LogP contribution is 2.50. The number of aromatic hydroxyl groups is 2. The second kappa shape index (κ2) is 15.2. The number of phenols is 2. The number of aryl methyl sites for hydroxylation is 2. The van der Waals surface area contributed by atoms with Crippen LogP contribution < -0.4 is 0 Å². The van der Waals surface area contributed by atoms with E-state index in [0.717, 1.165) is 24.0 Å². The van der Waals surface area contributed by atoms with Gasteiger partial charge in [0.05, 0.1) is 0 Å². The molecule has 0 amide bonds. The predicted molar refractivity (Wildman–Crippen MR) is 178 cm³/mol. The van der Waals surface area contributed by atoms with Crippen molar-refractivity contribution in [2.75, 3.05) is 0 Å². The van der Waals surface area contributed by atoms with Gasteiger partial charge < -0.3 is 10.2 Å². The van der Waals surface area contributed by atoms with E-state index >= 15 is 0 Å². The first-order valence-electron chi connectivity index (χ1n) is 18.3. The van der Waals surface area contributed by atoms with Crippen molar-refractivity contribution < 1.29 is 10.2 Å². The average Bonchev–Trinajstić information content (AvgIpc) is 3.03. The van der Waals surface area contributed by atoms with Crippen molar-refractivity contribution in [3.05, 3.63) is 57.6 Å². The third-order valence-electron chi connectivity index (χ3n) is 11.6. The van der Waals surface area contributed by atoms with Gasteiger partial charge in [-0.3, -0.25) is 0 Å². The fourth-order valence-electron chi connectivity index (χ4n) is 8.94. The molecule has 42 heavy (non-hydrogen) atoms. The number of benzene rings is 2. The maximum Gasteiger partial charge on any atom is 0.122 e. The van der Waals surface area contributed by atoms with Crippen LogP contribution in [0.15, 0.2) is 24.3 Å². The van der Waals surface area contributed by atoms with E-state index in [1.165, 1.54) is 157 Å². The third-order valence-corrected chi connectivity index (χ3v) is 11.6. The van der Waals surface area contributed by atoms with Crippen LogP contribution in [0.2, 0.25) is 0 Å². The Morgan fingerprint density at radius 3 is 1.19 bits per heavy atom. The van der Waals surface area contributed by atoms with Crippen molar-refractivity contribution >= 4 is 0 Å². The highest BCUT2D eigenvalue weighted by atomic mass is 16.3. The van der Waals surface area contributed by atoms with E-state index in [4.69, 9.17) is 0 Å². The van der Waals surface area contributed by atoms with E-state index in [1.54, 1.807) is 0 Å². The van der Waals surface area contributed by atoms with Crippen LogP contribution in [-0.4, -0.2) is 10.2 Å². The molecule has 232 valence electrons. The molecule has 0 unspecified atom stereocenters. The van der Waals surface area contributed by atoms with Crippen LogP contribution in [-0.2, 0) is 18.3 Å². The Balaban J connectivity index is 1.69. The Morgan fingerprint density at radius 2 is 0.833 bits per heavy atom. The van der Waals surface area contributed by atoms with E-state index in [1.807, 2.05) is 0 Å². The molecule has 0 saturated heterocycles. The highest BCUT2D eigenvalue weighted by Gasteiger charge is 2.37. The molecule has 3 aliphatic carbocycles. The molecule has 0 aliphatic heterocycles. The summed E-state index contributed by atoms with van der Waals surface area (Å²) < 4.78 is 0. The van der Waals surface area contributed by atoms with E-state index < -0.39 is 0 Å². The van der Waals surface area contributed by atoms with Gasteiger partial charge in [-0.25, -0.2) is 0 Å². The van der Waals surface area contributed by atoms with Crippen LogP contribution in [0.4, 0.5) is 0 Å². The fourth-order valence-corrected chi connectivity index (χ4v) is 8.94. The molecule has 0 spiro atoms. The van der Waals surface area contributed by atoms with Crippen LogP contribution in [0.1, 0.15) is 194 Å². The number of hydrogen-bond acceptors (Lipinski definition) is 2. The molecule has 0 bridgehead atoms. The van der Waals surface area contributed by atoms with Crippen molar-refractivity contribution in [3.8, 4) is 11.5 Å². The maximum atomic E-state index is 11.6. The number of hydrogen-bond donors (Lipinski definition) is 2. The van der Waals surface area contributed by atoms with Crippen LogP contribution in [0.25, 0.3) is 0 Å². The lowest BCUT2D eigenvalue weighted by atomic mass is 9.65. The molecule has 2 aromatic rings. The van der Waals surface area contributed by atoms with E-state index in [0.29, 0.717) is 23.3 Å². The molecule has 0 radical (unpaired) electrons. The van der Waals surface area contributed by atoms with Gasteiger partial charge in [-0.15, -0.1) is 0 Å². The first-order chi connectivity index (χ1) is 20.6. The van der Waals surface area contributed by atoms with E-state index in [9.17, 15) is 10.2 Å². The molecule has 2 aromatic carbocycles. The summed E-state index contributed by atoms with van der Waals surface area (Å²) in [4.78, 5) is 0. The lowest BCUT2D eigenvalue weighted by molar-refractivity contribution is 0.374. The van der Waals surface area contributed by atoms with Gasteiger partial charge in [0.2, 0.25) is 0 Å². The Hall–Kier alpha value is -1.96. The zero-order chi connectivity index (χ0) is 29.4. The molecule has 2 heteroatoms. The summed E-state index contributed by atoms with van der Waals surface area (Å²) >= 11 is 0. The second-order valence-electron chi connectivity index (χ2n) is 14.3. The van der Waals surface area contributed by atoms with E-state index in [2.05, 4.69) is 38.1 Å². The van der Waals surface area contributed by atoms with Gasteiger partial charge in [0, 0.05) is 5.41 Å². The smallest absolute Gasteiger partial charge is 0.122 e. The lowest BCUT2D eigenvalue weighted by Crippen LogP contribution is -2.29. The quantitative estimate of drug-likeness (QED) is 0.361. The zero-order valence-electron chi connectivity index (χ0n) is 27.1. The molecule has 3 aliphatic rings. The van der Waals surface area contributed by atoms with Crippen molar-refractivity contribution in [2.45, 2.75) is 179 Å². The molecule has 5 rings (SSSR count). The summed E-state index contributed by atoms with van der Waals surface area (Å²) in [7, 11) is 0. The molecule has 2 nitrogen and oxygen atoms in total. The molecule has 3 saturated carbocycles. The summed E-state index contributed by atoms with van der Waals surface area (Å²) in [6.07, 6.45) is 28.7. The van der Waals surface area contributed by atoms with Crippen LogP contribution in [0.5, 0.6) is 11.5 Å². The monoisotopic (exact) mass is 572 g/mol. The molecule has 0 atom stereocenters. The van der Waals surface area contributed by atoms with Gasteiger partial charge in [0.1, 0.15) is 11.5 Å². The molecule has 2 N–H and O–H groups in total. The molecule has 0 heterocycles. The Labute approximate surface area is 257 Å². The van der Waals surface area contributed by atoms with Crippen molar-refractivity contribution in [3.63, 3.8) is 0 Å². The summed E-state index contributed by atoms with van der Waals surface area (Å²) in [5.41, 5.74) is 7.59. The Bertz CT molecular complexity index is 1050. The summed E-state index contributed by atoms with van der Waals surface area (Å²) in [5.74, 6) is 2.13. The van der Waals surface area contributed by atoms with Crippen molar-refractivity contribution in [1.29, 1.82) is 0 Å². The SMILES string of the molecule is CCc1cc(C2(c3cc(CC)c(O)c(C4CCCCC4)c3)CCCCCCCCCCC2)cc(C2CCCCC2)c1O. The molecular formula is C40H60O2. The van der Waals surface area contributed by atoms with Gasteiger partial charge in [-0.1, -0.05) is 134 Å². The van der Waals surface area contributed by atoms with Gasteiger partial charge in [-0.05, 0) is 96.6 Å². The zero-order valence-corrected chi connectivity index (χ0v) is 27.1. The number of phenolic OH excluding ortho intramolecular Hbond substituents is 2. The fraction of sp³-hybridized carbons (Fsp3) is 0.700. The summed E-state index contributed by atoms with van der Waals surface area (Å²) in [6, 6.07) is 9.78. The summed E-state index contributed by atoms with van der Waals surface area (Å²) in [6.45, 7) is 4.43. The highest BCUT2D eigenvalue weighted by molar-refractivity contribution is 5.54. The predicted octanol–water partition coefficient (Wildman–Crippen LogP) is 11.9. The third kappa shape index (κ3) is 7.05. The number of rotatable bonds is 6. The van der Waals surface area contributed by atoms with Crippen molar-refractivity contribution in [1.82, 2.24) is 0 Å². The van der Waals surface area contributed by atoms with Crippen LogP contribution in [0.3, 0.4) is 0 Å². The second-order valence-corrected chi connectivity index (χ2v) is 14.3. The minimum Gasteiger partial charge on any atom is -0.507 e. The lowest BCUT2D eigenvalue weighted by Gasteiger charge is -2.39. The average molecular weight is 573 g/mol. The minimum absolute atomic E-state index is 0.0682. The molecule has 0 aromatic heterocycles. The minimum atomic E-state index is -0.0682. The standard InChI is InChI=1S/C40H60O2/c1-3-30-26-34(28-36(38(30)41)32-20-14-12-15-21-32)40(24-18-10-8-6-5-7-9-11-19-25-40)35-27-31(4-2)39(42)37(29-35)33-22-16-13-17-23-33/h26-29,32-33,41-42H,3-25H2,1-2H3. The van der Waals surface area contributed by atoms with Gasteiger partial charge in [0.25, 0.3) is 0 Å². The maximum absolute atomic E-state index is 11.6. The Kier molecular flexibility index (Phi) is 11.4. The summed E-state index contributed by atoms with van der Waals surface area (Å²) in [5, 5.41) is 23.1. The van der Waals surface area contributed by atoms with Crippen LogP contribution >= 0.6 is 0 Å². The van der Waals surface area contributed by atoms with Crippen molar-refractivity contribution in [2.24, 2.45) is 0 Å². The Morgan fingerprint density at radius 1 is 0.500 bits per heavy atom. The van der Waals surface area contributed by atoms with Gasteiger partial charge in [0.15, 0.2) is 0 Å². The molecular weight excluding hydrogens is 512 g/mol.